The number of hydrogen-bond donors (Lipinski definition) is 2. The lowest BCUT2D eigenvalue weighted by atomic mass is 9.98. The van der Waals surface area contributed by atoms with Gasteiger partial charge in [-0.3, -0.25) is 4.90 Å². The molecule has 0 bridgehead atoms. The van der Waals surface area contributed by atoms with E-state index in [2.05, 4.69) is 24.1 Å². The number of nitrogens with two attached hydrogens (primary N) is 1. The molecule has 0 saturated carbocycles. The fraction of sp³-hybridized carbons (Fsp3) is 0.571. The first-order valence-electron chi connectivity index (χ1n) is 6.63. The number of rotatable bonds is 4. The summed E-state index contributed by atoms with van der Waals surface area (Å²) in [5, 5.41) is 3.88. The lowest BCUT2D eigenvalue weighted by molar-refractivity contribution is 0.262. The standard InChI is InChI=1S/C14H21ClFN3/c1-10(2)19-6-5-14(8-17,9-19)18-13-7-11(16)3-4-12(13)15/h3-4,7,10,18H,5-6,8-9,17H2,1-2H3. The van der Waals surface area contributed by atoms with Gasteiger partial charge in [0, 0.05) is 25.7 Å². The molecule has 3 N–H and O–H groups in total. The van der Waals surface area contributed by atoms with Crippen molar-refractivity contribution in [1.29, 1.82) is 0 Å². The Labute approximate surface area is 118 Å². The van der Waals surface area contributed by atoms with Gasteiger partial charge in [0.2, 0.25) is 0 Å². The minimum Gasteiger partial charge on any atom is -0.376 e. The average Bonchev–Trinajstić information content (AvgIpc) is 2.79. The topological polar surface area (TPSA) is 41.3 Å². The Morgan fingerprint density at radius 3 is 2.84 bits per heavy atom. The highest BCUT2D eigenvalue weighted by molar-refractivity contribution is 6.33. The Morgan fingerprint density at radius 2 is 2.26 bits per heavy atom. The van der Waals surface area contributed by atoms with Crippen LogP contribution in [-0.2, 0) is 0 Å². The number of likely N-dealkylation sites (tertiary alicyclic amines) is 1. The molecule has 1 aliphatic heterocycles. The quantitative estimate of drug-likeness (QED) is 0.894. The predicted molar refractivity (Wildman–Crippen MR) is 78.1 cm³/mol. The van der Waals surface area contributed by atoms with Crippen molar-refractivity contribution in [3.05, 3.63) is 29.0 Å². The van der Waals surface area contributed by atoms with Gasteiger partial charge >= 0.3 is 0 Å². The van der Waals surface area contributed by atoms with Gasteiger partial charge in [0.15, 0.2) is 0 Å². The zero-order valence-electron chi connectivity index (χ0n) is 11.4. The van der Waals surface area contributed by atoms with Crippen molar-refractivity contribution < 1.29 is 4.39 Å². The summed E-state index contributed by atoms with van der Waals surface area (Å²) in [6.07, 6.45) is 0.939. The number of anilines is 1. The summed E-state index contributed by atoms with van der Waals surface area (Å²) in [7, 11) is 0. The third kappa shape index (κ3) is 3.19. The van der Waals surface area contributed by atoms with Gasteiger partial charge in [0.25, 0.3) is 0 Å². The van der Waals surface area contributed by atoms with Crippen LogP contribution in [-0.4, -0.2) is 36.1 Å². The second-order valence-corrected chi connectivity index (χ2v) is 5.96. The Balaban J connectivity index is 2.18. The van der Waals surface area contributed by atoms with Crippen LogP contribution >= 0.6 is 11.6 Å². The summed E-state index contributed by atoms with van der Waals surface area (Å²) in [6, 6.07) is 4.84. The summed E-state index contributed by atoms with van der Waals surface area (Å²) in [5.74, 6) is -0.294. The fourth-order valence-corrected chi connectivity index (χ4v) is 2.71. The molecular formula is C14H21ClFN3. The second kappa shape index (κ2) is 5.65. The number of nitrogens with zero attached hydrogens (tertiary/aromatic N) is 1. The molecule has 0 aliphatic carbocycles. The molecule has 3 nitrogen and oxygen atoms in total. The van der Waals surface area contributed by atoms with Gasteiger partial charge in [-0.2, -0.15) is 0 Å². The van der Waals surface area contributed by atoms with Crippen molar-refractivity contribution >= 4 is 17.3 Å². The maximum Gasteiger partial charge on any atom is 0.125 e. The van der Waals surface area contributed by atoms with Crippen LogP contribution in [0.15, 0.2) is 18.2 Å². The summed E-state index contributed by atoms with van der Waals surface area (Å²) in [5.41, 5.74) is 6.34. The van der Waals surface area contributed by atoms with Gasteiger partial charge < -0.3 is 11.1 Å². The molecule has 1 atom stereocenters. The first-order valence-corrected chi connectivity index (χ1v) is 7.01. The van der Waals surface area contributed by atoms with E-state index in [9.17, 15) is 4.39 Å². The highest BCUT2D eigenvalue weighted by Gasteiger charge is 2.38. The SMILES string of the molecule is CC(C)N1CCC(CN)(Nc2cc(F)ccc2Cl)C1. The third-order valence-electron chi connectivity index (χ3n) is 3.83. The van der Waals surface area contributed by atoms with Crippen molar-refractivity contribution in [1.82, 2.24) is 4.90 Å². The van der Waals surface area contributed by atoms with Gasteiger partial charge in [0.1, 0.15) is 5.82 Å². The molecule has 1 unspecified atom stereocenters. The Bertz CT molecular complexity index is 452. The van der Waals surface area contributed by atoms with Crippen molar-refractivity contribution in [3.8, 4) is 0 Å². The molecule has 106 valence electrons. The smallest absolute Gasteiger partial charge is 0.125 e. The van der Waals surface area contributed by atoms with Crippen molar-refractivity contribution in [2.45, 2.75) is 31.8 Å². The van der Waals surface area contributed by atoms with Gasteiger partial charge in [-0.05, 0) is 38.5 Å². The molecule has 0 spiro atoms. The van der Waals surface area contributed by atoms with Crippen LogP contribution in [0.25, 0.3) is 0 Å². The number of halogens is 2. The molecule has 1 aromatic rings. The number of nitrogens with one attached hydrogen (secondary N) is 1. The van der Waals surface area contributed by atoms with Crippen LogP contribution in [0.3, 0.4) is 0 Å². The van der Waals surface area contributed by atoms with E-state index >= 15 is 0 Å². The molecule has 0 aromatic heterocycles. The predicted octanol–water partition coefficient (Wildman–Crippen LogP) is 2.70. The maximum atomic E-state index is 13.3. The first-order chi connectivity index (χ1) is 8.96. The molecule has 5 heteroatoms. The average molecular weight is 286 g/mol. The summed E-state index contributed by atoms with van der Waals surface area (Å²) >= 11 is 6.11. The minimum absolute atomic E-state index is 0.221. The second-order valence-electron chi connectivity index (χ2n) is 5.55. The van der Waals surface area contributed by atoms with Gasteiger partial charge in [-0.25, -0.2) is 4.39 Å². The van der Waals surface area contributed by atoms with Crippen molar-refractivity contribution in [2.24, 2.45) is 5.73 Å². The molecule has 0 radical (unpaired) electrons. The molecule has 1 fully saturated rings. The summed E-state index contributed by atoms with van der Waals surface area (Å²) in [6.45, 7) is 6.69. The summed E-state index contributed by atoms with van der Waals surface area (Å²) in [4.78, 5) is 2.37. The minimum atomic E-state index is -0.294. The Morgan fingerprint density at radius 1 is 1.53 bits per heavy atom. The lowest BCUT2D eigenvalue weighted by Gasteiger charge is -2.32. The van der Waals surface area contributed by atoms with Crippen LogP contribution in [0.2, 0.25) is 5.02 Å². The van der Waals surface area contributed by atoms with E-state index in [1.54, 1.807) is 6.07 Å². The van der Waals surface area contributed by atoms with Crippen LogP contribution in [0.4, 0.5) is 10.1 Å². The van der Waals surface area contributed by atoms with Crippen LogP contribution in [0.1, 0.15) is 20.3 Å². The molecule has 1 heterocycles. The molecule has 19 heavy (non-hydrogen) atoms. The Hall–Kier alpha value is -0.840. The van der Waals surface area contributed by atoms with E-state index in [-0.39, 0.29) is 11.4 Å². The Kier molecular flexibility index (Phi) is 4.33. The molecule has 1 aromatic carbocycles. The summed E-state index contributed by atoms with van der Waals surface area (Å²) < 4.78 is 13.3. The van der Waals surface area contributed by atoms with E-state index in [0.717, 1.165) is 19.5 Å². The van der Waals surface area contributed by atoms with E-state index in [1.807, 2.05) is 0 Å². The zero-order chi connectivity index (χ0) is 14.0. The first kappa shape index (κ1) is 14.6. The largest absolute Gasteiger partial charge is 0.376 e. The van der Waals surface area contributed by atoms with E-state index < -0.39 is 0 Å². The van der Waals surface area contributed by atoms with E-state index in [4.69, 9.17) is 17.3 Å². The highest BCUT2D eigenvalue weighted by Crippen LogP contribution is 2.30. The van der Waals surface area contributed by atoms with E-state index in [1.165, 1.54) is 12.1 Å². The van der Waals surface area contributed by atoms with Gasteiger partial charge in [0.05, 0.1) is 16.2 Å². The van der Waals surface area contributed by atoms with Crippen LogP contribution in [0, 0.1) is 5.82 Å². The molecule has 0 amide bonds. The third-order valence-corrected chi connectivity index (χ3v) is 4.16. The molecular weight excluding hydrogens is 265 g/mol. The number of hydrogen-bond acceptors (Lipinski definition) is 3. The molecule has 1 aliphatic rings. The van der Waals surface area contributed by atoms with Gasteiger partial charge in [-0.1, -0.05) is 11.6 Å². The van der Waals surface area contributed by atoms with E-state index in [0.29, 0.717) is 23.3 Å². The maximum absolute atomic E-state index is 13.3. The number of benzene rings is 1. The van der Waals surface area contributed by atoms with Crippen LogP contribution in [0.5, 0.6) is 0 Å². The van der Waals surface area contributed by atoms with Crippen molar-refractivity contribution in [3.63, 3.8) is 0 Å². The monoisotopic (exact) mass is 285 g/mol. The molecule has 2 rings (SSSR count). The highest BCUT2D eigenvalue weighted by atomic mass is 35.5. The van der Waals surface area contributed by atoms with Crippen LogP contribution < -0.4 is 11.1 Å². The normalized spacial score (nSPS) is 24.1. The van der Waals surface area contributed by atoms with Crippen molar-refractivity contribution in [2.75, 3.05) is 25.0 Å². The zero-order valence-corrected chi connectivity index (χ0v) is 12.2. The fourth-order valence-electron chi connectivity index (χ4n) is 2.54. The van der Waals surface area contributed by atoms with Gasteiger partial charge in [-0.15, -0.1) is 0 Å². The lowest BCUT2D eigenvalue weighted by Crippen LogP contribution is -2.48. The molecule has 1 saturated heterocycles.